The van der Waals surface area contributed by atoms with Crippen LogP contribution in [0.4, 0.5) is 17.6 Å². The Morgan fingerprint density at radius 1 is 0.370 bits per heavy atom. The summed E-state index contributed by atoms with van der Waals surface area (Å²) >= 11 is 6.60. The minimum Gasteiger partial charge on any atom is -0.496 e. The number of methoxy groups -OCH3 is 4. The van der Waals surface area contributed by atoms with Crippen molar-refractivity contribution in [2.24, 2.45) is 0 Å². The highest BCUT2D eigenvalue weighted by Crippen LogP contribution is 2.50. The fourth-order valence-corrected chi connectivity index (χ4v) is 14.3. The Hall–Kier alpha value is -10.7. The molecule has 0 bridgehead atoms. The Morgan fingerprint density at radius 3 is 1.07 bits per heavy atom. The van der Waals surface area contributed by atoms with Gasteiger partial charge in [-0.3, -0.25) is 0 Å². The summed E-state index contributed by atoms with van der Waals surface area (Å²) in [5.74, 6) is -0.203. The van der Waals surface area contributed by atoms with Gasteiger partial charge >= 0.3 is 24.0 Å². The van der Waals surface area contributed by atoms with Gasteiger partial charge in [0.1, 0.15) is 69.3 Å². The molecule has 0 radical (unpaired) electrons. The number of nitrogens with zero attached hydrogens (tertiary/aromatic N) is 6. The summed E-state index contributed by atoms with van der Waals surface area (Å²) in [7, 11) is 0.713. The van der Waals surface area contributed by atoms with Crippen LogP contribution in [0.15, 0.2) is 249 Å². The molecule has 0 atom stereocenters. The van der Waals surface area contributed by atoms with E-state index >= 15 is 13.3 Å². The molecule has 12 aromatic rings. The Morgan fingerprint density at radius 2 is 0.696 bits per heavy atom. The van der Waals surface area contributed by atoms with E-state index in [0.29, 0.717) is 23.0 Å². The lowest BCUT2D eigenvalue weighted by atomic mass is 10.2. The van der Waals surface area contributed by atoms with Crippen molar-refractivity contribution in [1.82, 2.24) is 29.9 Å². The minimum absolute atomic E-state index is 0. The number of ether oxygens (including phenoxy) is 8. The van der Waals surface area contributed by atoms with Gasteiger partial charge in [-0.05, 0) is 121 Å². The van der Waals surface area contributed by atoms with Crippen LogP contribution in [0.1, 0.15) is 1.43 Å². The van der Waals surface area contributed by atoms with Crippen molar-refractivity contribution in [2.45, 2.75) is 0 Å². The van der Waals surface area contributed by atoms with E-state index in [1.165, 1.54) is 32.4 Å². The third kappa shape index (κ3) is 15.5. The molecule has 0 aliphatic rings. The molecule has 0 saturated carbocycles. The summed E-state index contributed by atoms with van der Waals surface area (Å²) in [6, 6.07) is 68.3. The van der Waals surface area contributed by atoms with Crippen molar-refractivity contribution >= 4 is 52.2 Å². The second kappa shape index (κ2) is 30.7. The number of hydrogen-bond acceptors (Lipinski definition) is 15. The van der Waals surface area contributed by atoms with Crippen molar-refractivity contribution in [1.29, 1.82) is 0 Å². The van der Waals surface area contributed by atoms with Crippen LogP contribution < -0.4 is 64.4 Å². The first-order valence-corrected chi connectivity index (χ1v) is 31.8. The number of hydrogen-bond donors (Lipinski definition) is 0. The second-order valence-corrected chi connectivity index (χ2v) is 24.2. The molecular formula is C70H55ClF4N6O9P2. The predicted molar refractivity (Wildman–Crippen MR) is 349 cm³/mol. The third-order valence-electron chi connectivity index (χ3n) is 13.2. The molecule has 0 N–H and O–H groups in total. The summed E-state index contributed by atoms with van der Waals surface area (Å²) < 4.78 is 121. The van der Waals surface area contributed by atoms with E-state index < -0.39 is 43.0 Å². The van der Waals surface area contributed by atoms with Crippen LogP contribution in [-0.2, 0) is 4.57 Å². The number of benzene rings is 10. The lowest BCUT2D eigenvalue weighted by molar-refractivity contribution is 0.397. The molecule has 0 spiro atoms. The zero-order valence-electron chi connectivity index (χ0n) is 49.3. The molecule has 10 aromatic carbocycles. The number of para-hydroxylation sites is 8. The van der Waals surface area contributed by atoms with E-state index in [2.05, 4.69) is 29.9 Å². The van der Waals surface area contributed by atoms with Gasteiger partial charge in [-0.25, -0.2) is 17.6 Å². The summed E-state index contributed by atoms with van der Waals surface area (Å²) in [4.78, 5) is 25.4. The number of aromatic nitrogens is 6. The van der Waals surface area contributed by atoms with Gasteiger partial charge in [0, 0.05) is 18.1 Å². The number of rotatable bonds is 19. The lowest BCUT2D eigenvalue weighted by Gasteiger charge is -2.25. The summed E-state index contributed by atoms with van der Waals surface area (Å²) in [5.41, 5.74) is -0.265. The Bertz CT molecular complexity index is 4300. The Balaban J connectivity index is 0.000000183. The van der Waals surface area contributed by atoms with E-state index in [9.17, 15) is 8.78 Å². The molecule has 0 amide bonds. The van der Waals surface area contributed by atoms with Crippen LogP contribution in [0.5, 0.6) is 70.0 Å². The van der Waals surface area contributed by atoms with E-state index in [0.717, 1.165) is 46.4 Å². The van der Waals surface area contributed by atoms with Gasteiger partial charge in [0.2, 0.25) is 0 Å². The molecule has 12 rings (SSSR count). The first-order valence-electron chi connectivity index (χ1n) is 27.8. The molecule has 2 aromatic heterocycles. The molecule has 15 nitrogen and oxygen atoms in total. The monoisotopic (exact) mass is 1300 g/mol. The molecule has 464 valence electrons. The van der Waals surface area contributed by atoms with E-state index in [-0.39, 0.29) is 70.4 Å². The maximum absolute atomic E-state index is 17.0. The largest absolute Gasteiger partial charge is 0.496 e. The predicted octanol–water partition coefficient (Wildman–Crippen LogP) is 16.0. The molecule has 92 heavy (non-hydrogen) atoms. The Labute approximate surface area is 534 Å². The van der Waals surface area contributed by atoms with Gasteiger partial charge in [-0.2, -0.15) is 19.9 Å². The van der Waals surface area contributed by atoms with Crippen LogP contribution in [0.2, 0.25) is 0 Å². The van der Waals surface area contributed by atoms with Crippen LogP contribution in [0.25, 0.3) is 22.8 Å². The molecule has 0 fully saturated rings. The second-order valence-electron chi connectivity index (χ2n) is 19.1. The first kappa shape index (κ1) is 64.3. The molecular weight excluding hydrogens is 1240 g/mol. The molecule has 22 heteroatoms. The maximum Gasteiger partial charge on any atom is 0.328 e. The SMILES string of the molecule is COc1ccccc1P(=O)(c1ccccc1OC)c1c(F)ccc(-c2nc(Oc3ccccc3)nc(Oc3ccccc3)n2)c1F.COc1ccccc1P(Cl)c1ccccc1OC.Fc1ccc(-c2nc(Oc3ccccc3)nc(Oc3ccccc3)n2)c(F)c1.[HH]. The molecule has 0 aliphatic carbocycles. The van der Waals surface area contributed by atoms with Crippen molar-refractivity contribution in [2.75, 3.05) is 28.4 Å². The summed E-state index contributed by atoms with van der Waals surface area (Å²) in [6.45, 7) is 0. The third-order valence-corrected chi connectivity index (χ3v) is 19.0. The average Bonchev–Trinajstić information content (AvgIpc) is 0.732. The van der Waals surface area contributed by atoms with E-state index in [1.54, 1.807) is 148 Å². The molecule has 0 aliphatic heterocycles. The standard InChI is InChI=1S/C35H26F2N3O5P.C21H13F2N3O2.C14H14ClO2P.H2/c1-42-27-17-9-11-19-29(27)46(41,30-20-12-10-18-28(30)43-2)32-26(36)22-21-25(31(32)37)33-38-34(44-23-13-5-3-6-14-23)40-35(39-33)45-24-15-7-4-8-16-24;22-14-11-12-17(18(23)13-14)19-24-20(27-15-7-3-1-4-8-15)26-21(25-19)28-16-9-5-2-6-10-16;1-16-11-7-3-5-9-13(11)18(15)14-10-6-4-8-12(14)17-2;/h3-22H,1-2H3;1-13H;3-10H,1-2H3;1H. The average molecular weight is 1300 g/mol. The molecule has 0 unspecified atom stereocenters. The zero-order chi connectivity index (χ0) is 64.4. The topological polar surface area (TPSA) is 168 Å². The fraction of sp³-hybridized carbons (Fsp3) is 0.0571. The van der Waals surface area contributed by atoms with Gasteiger partial charge in [-0.15, -0.1) is 9.97 Å². The fourth-order valence-electron chi connectivity index (χ4n) is 9.01. The zero-order valence-corrected chi connectivity index (χ0v) is 51.9. The van der Waals surface area contributed by atoms with Gasteiger partial charge in [0.25, 0.3) is 0 Å². The van der Waals surface area contributed by atoms with E-state index in [1.807, 2.05) is 72.8 Å². The van der Waals surface area contributed by atoms with Crippen LogP contribution >= 0.6 is 25.7 Å². The normalized spacial score (nSPS) is 10.8. The highest BCUT2D eigenvalue weighted by Gasteiger charge is 2.41. The lowest BCUT2D eigenvalue weighted by Crippen LogP contribution is -2.31. The smallest absolute Gasteiger partial charge is 0.328 e. The first-order chi connectivity index (χ1) is 44.9. The minimum atomic E-state index is -4.37. The summed E-state index contributed by atoms with van der Waals surface area (Å²) in [6.07, 6.45) is 0. The Kier molecular flexibility index (Phi) is 21.4. The highest BCUT2D eigenvalue weighted by atomic mass is 35.7. The maximum atomic E-state index is 17.0. The quantitative estimate of drug-likeness (QED) is 0.0553. The van der Waals surface area contributed by atoms with Crippen molar-refractivity contribution < 1.29 is 61.4 Å². The highest BCUT2D eigenvalue weighted by molar-refractivity contribution is 7.96. The van der Waals surface area contributed by atoms with Crippen LogP contribution in [0.3, 0.4) is 0 Å². The van der Waals surface area contributed by atoms with Gasteiger partial charge in [0.15, 0.2) is 18.8 Å². The molecule has 2 heterocycles. The van der Waals surface area contributed by atoms with Gasteiger partial charge in [-0.1, -0.05) is 133 Å². The van der Waals surface area contributed by atoms with Crippen LogP contribution in [-0.4, -0.2) is 58.3 Å². The molecule has 0 saturated heterocycles. The van der Waals surface area contributed by atoms with Crippen molar-refractivity contribution in [3.63, 3.8) is 0 Å². The van der Waals surface area contributed by atoms with Crippen LogP contribution in [0, 0.1) is 23.3 Å². The van der Waals surface area contributed by atoms with Gasteiger partial charge < -0.3 is 42.5 Å². The van der Waals surface area contributed by atoms with Gasteiger partial charge in [0.05, 0.1) is 62.8 Å². The van der Waals surface area contributed by atoms with Crippen molar-refractivity contribution in [3.05, 3.63) is 272 Å². The van der Waals surface area contributed by atoms with Crippen molar-refractivity contribution in [3.8, 4) is 92.8 Å². The van der Waals surface area contributed by atoms with E-state index in [4.69, 9.17) is 49.1 Å². The summed E-state index contributed by atoms with van der Waals surface area (Å²) in [5, 5.41) is 1.46. The number of halogens is 5.